The molecule has 0 unspecified atom stereocenters. The number of aliphatic hydroxyl groups excluding tert-OH is 1. The van der Waals surface area contributed by atoms with Crippen LogP contribution in [0.1, 0.15) is 44.6 Å². The maximum atomic E-state index is 13.2. The Hall–Kier alpha value is -3.22. The van der Waals surface area contributed by atoms with E-state index in [-0.39, 0.29) is 28.2 Å². The summed E-state index contributed by atoms with van der Waals surface area (Å²) >= 11 is 0. The largest absolute Gasteiger partial charge is 0.509 e. The van der Waals surface area contributed by atoms with Gasteiger partial charge in [0.25, 0.3) is 0 Å². The molecule has 4 nitrogen and oxygen atoms in total. The lowest BCUT2D eigenvalue weighted by Crippen LogP contribution is -2.14. The number of aliphatic hydroxyl groups is 1. The molecule has 0 atom stereocenters. The van der Waals surface area contributed by atoms with E-state index in [9.17, 15) is 18.0 Å². The third kappa shape index (κ3) is 6.40. The predicted molar refractivity (Wildman–Crippen MR) is 113 cm³/mol. The molecular formula is C23H25F3O4. The number of halogens is 3. The van der Waals surface area contributed by atoms with Crippen molar-refractivity contribution in [3.63, 3.8) is 0 Å². The lowest BCUT2D eigenvalue weighted by molar-refractivity contribution is -0.137. The zero-order chi connectivity index (χ0) is 23.1. The van der Waals surface area contributed by atoms with Crippen LogP contribution in [0.4, 0.5) is 13.2 Å². The maximum Gasteiger partial charge on any atom is 0.417 e. The van der Waals surface area contributed by atoms with Crippen LogP contribution < -0.4 is 5.43 Å². The van der Waals surface area contributed by atoms with E-state index in [1.54, 1.807) is 33.8 Å². The molecule has 0 aliphatic heterocycles. The van der Waals surface area contributed by atoms with E-state index >= 15 is 0 Å². The fraction of sp³-hybridized carbons (Fsp3) is 0.261. The molecule has 2 rings (SSSR count). The van der Waals surface area contributed by atoms with Gasteiger partial charge in [-0.1, -0.05) is 30.4 Å². The Morgan fingerprint density at radius 3 is 2.17 bits per heavy atom. The molecular weight excluding hydrogens is 397 g/mol. The molecule has 0 saturated carbocycles. The quantitative estimate of drug-likeness (QED) is 0.549. The lowest BCUT2D eigenvalue weighted by Gasteiger charge is -2.13. The van der Waals surface area contributed by atoms with Gasteiger partial charge in [-0.15, -0.1) is 0 Å². The monoisotopic (exact) mass is 422 g/mol. The minimum atomic E-state index is -4.56. The van der Waals surface area contributed by atoms with E-state index in [2.05, 4.69) is 11.3 Å². The highest BCUT2D eigenvalue weighted by molar-refractivity contribution is 5.72. The molecule has 0 aliphatic rings. The first-order valence-electron chi connectivity index (χ1n) is 8.94. The van der Waals surface area contributed by atoms with Gasteiger partial charge < -0.3 is 14.3 Å². The SMILES string of the molecule is C=Cc1occ(-c2ccccc2C(F)(F)F)c(=O)c1C=C(C)C.CO/C(C)=C(/C)O. The van der Waals surface area contributed by atoms with Crippen LogP contribution in [0.5, 0.6) is 0 Å². The second-order valence-electron chi connectivity index (χ2n) is 6.57. The zero-order valence-corrected chi connectivity index (χ0v) is 17.6. The minimum Gasteiger partial charge on any atom is -0.509 e. The number of hydrogen-bond acceptors (Lipinski definition) is 4. The number of ether oxygens (including phenoxy) is 1. The van der Waals surface area contributed by atoms with Crippen molar-refractivity contribution in [1.29, 1.82) is 0 Å². The second kappa shape index (κ2) is 10.5. The fourth-order valence-electron chi connectivity index (χ4n) is 2.38. The Kier molecular flexibility index (Phi) is 8.71. The van der Waals surface area contributed by atoms with Crippen molar-refractivity contribution >= 4 is 12.2 Å². The van der Waals surface area contributed by atoms with Gasteiger partial charge in [0.1, 0.15) is 23.5 Å². The van der Waals surface area contributed by atoms with E-state index in [1.165, 1.54) is 31.4 Å². The summed E-state index contributed by atoms with van der Waals surface area (Å²) in [7, 11) is 1.52. The van der Waals surface area contributed by atoms with Crippen molar-refractivity contribution in [3.8, 4) is 11.1 Å². The van der Waals surface area contributed by atoms with Gasteiger partial charge in [0.2, 0.25) is 5.43 Å². The van der Waals surface area contributed by atoms with Gasteiger partial charge in [0, 0.05) is 5.56 Å². The summed E-state index contributed by atoms with van der Waals surface area (Å²) in [6.45, 7) is 10.4. The van der Waals surface area contributed by atoms with Gasteiger partial charge in [0.15, 0.2) is 0 Å². The van der Waals surface area contributed by atoms with Crippen LogP contribution in [0.25, 0.3) is 23.3 Å². The molecule has 1 aromatic carbocycles. The first kappa shape index (κ1) is 24.8. The summed E-state index contributed by atoms with van der Waals surface area (Å²) in [6, 6.07) is 4.93. The molecule has 1 N–H and O–H groups in total. The van der Waals surface area contributed by atoms with Crippen LogP contribution in [0.15, 0.2) is 63.4 Å². The summed E-state index contributed by atoms with van der Waals surface area (Å²) in [6.07, 6.45) is -0.582. The molecule has 2 aromatic rings. The van der Waals surface area contributed by atoms with Crippen LogP contribution >= 0.6 is 0 Å². The Bertz CT molecular complexity index is 1000. The Labute approximate surface area is 173 Å². The number of rotatable bonds is 4. The topological polar surface area (TPSA) is 59.7 Å². The summed E-state index contributed by atoms with van der Waals surface area (Å²) in [5.74, 6) is 1.03. The van der Waals surface area contributed by atoms with Gasteiger partial charge >= 0.3 is 6.18 Å². The van der Waals surface area contributed by atoms with Crippen molar-refractivity contribution in [2.45, 2.75) is 33.9 Å². The van der Waals surface area contributed by atoms with Gasteiger partial charge in [0.05, 0.1) is 23.8 Å². The number of methoxy groups -OCH3 is 1. The molecule has 0 radical (unpaired) electrons. The Balaban J connectivity index is 0.000000553. The third-order valence-electron chi connectivity index (χ3n) is 4.02. The maximum absolute atomic E-state index is 13.2. The second-order valence-corrected chi connectivity index (χ2v) is 6.57. The number of benzene rings is 1. The van der Waals surface area contributed by atoms with Crippen molar-refractivity contribution < 1.29 is 27.4 Å². The van der Waals surface area contributed by atoms with Crippen molar-refractivity contribution in [1.82, 2.24) is 0 Å². The van der Waals surface area contributed by atoms with Gasteiger partial charge in [-0.3, -0.25) is 4.79 Å². The van der Waals surface area contributed by atoms with E-state index in [4.69, 9.17) is 9.52 Å². The van der Waals surface area contributed by atoms with Gasteiger partial charge in [-0.05, 0) is 45.9 Å². The fourth-order valence-corrected chi connectivity index (χ4v) is 2.38. The average Bonchev–Trinajstić information content (AvgIpc) is 2.68. The molecule has 30 heavy (non-hydrogen) atoms. The highest BCUT2D eigenvalue weighted by Gasteiger charge is 2.34. The van der Waals surface area contributed by atoms with Crippen molar-refractivity contribution in [3.05, 3.63) is 81.3 Å². The van der Waals surface area contributed by atoms with Crippen LogP contribution in [0, 0.1) is 0 Å². The van der Waals surface area contributed by atoms with Gasteiger partial charge in [-0.25, -0.2) is 0 Å². The lowest BCUT2D eigenvalue weighted by atomic mass is 9.98. The number of hydrogen-bond donors (Lipinski definition) is 1. The number of alkyl halides is 3. The van der Waals surface area contributed by atoms with E-state index in [0.29, 0.717) is 5.76 Å². The summed E-state index contributed by atoms with van der Waals surface area (Å²) in [5.41, 5.74) is -0.717. The van der Waals surface area contributed by atoms with E-state index in [0.717, 1.165) is 17.9 Å². The van der Waals surface area contributed by atoms with Gasteiger partial charge in [-0.2, -0.15) is 13.2 Å². The number of allylic oxidation sites excluding steroid dienone is 3. The van der Waals surface area contributed by atoms with Crippen molar-refractivity contribution in [2.75, 3.05) is 7.11 Å². The highest BCUT2D eigenvalue weighted by Crippen LogP contribution is 2.36. The van der Waals surface area contributed by atoms with Crippen LogP contribution in [0.3, 0.4) is 0 Å². The normalized spacial score (nSPS) is 11.6. The Morgan fingerprint density at radius 1 is 1.13 bits per heavy atom. The smallest absolute Gasteiger partial charge is 0.417 e. The van der Waals surface area contributed by atoms with E-state index in [1.807, 2.05) is 0 Å². The molecule has 0 bridgehead atoms. The Morgan fingerprint density at radius 2 is 1.73 bits per heavy atom. The molecule has 0 amide bonds. The summed E-state index contributed by atoms with van der Waals surface area (Å²) < 4.78 is 49.4. The molecule has 0 saturated heterocycles. The molecule has 162 valence electrons. The standard InChI is InChI=1S/C18H15F3O2.C5H10O2/c1-4-16-13(9-11(2)3)17(22)14(10-23-16)12-7-5-6-8-15(12)18(19,20)21;1-4(6)5(2)7-3/h4-10H,1H2,2-3H3;6H,1-3H3/b;5-4-. The van der Waals surface area contributed by atoms with Crippen molar-refractivity contribution in [2.24, 2.45) is 0 Å². The van der Waals surface area contributed by atoms with Crippen LogP contribution in [-0.2, 0) is 10.9 Å². The molecule has 1 aromatic heterocycles. The molecule has 0 spiro atoms. The first-order chi connectivity index (χ1) is 13.9. The minimum absolute atomic E-state index is 0.129. The van der Waals surface area contributed by atoms with Crippen LogP contribution in [0.2, 0.25) is 0 Å². The summed E-state index contributed by atoms with van der Waals surface area (Å²) in [4.78, 5) is 12.6. The van der Waals surface area contributed by atoms with E-state index < -0.39 is 17.2 Å². The third-order valence-corrected chi connectivity index (χ3v) is 4.02. The van der Waals surface area contributed by atoms with Crippen LogP contribution in [-0.4, -0.2) is 12.2 Å². The first-order valence-corrected chi connectivity index (χ1v) is 8.94. The summed E-state index contributed by atoms with van der Waals surface area (Å²) in [5, 5.41) is 8.58. The molecule has 7 heteroatoms. The molecule has 0 fully saturated rings. The zero-order valence-electron chi connectivity index (χ0n) is 17.6. The molecule has 0 aliphatic carbocycles. The average molecular weight is 422 g/mol. The highest BCUT2D eigenvalue weighted by atomic mass is 19.4. The predicted octanol–water partition coefficient (Wildman–Crippen LogP) is 6.83. The molecule has 1 heterocycles.